The Morgan fingerprint density at radius 3 is 2.54 bits per heavy atom. The maximum absolute atomic E-state index is 12.0. The summed E-state index contributed by atoms with van der Waals surface area (Å²) in [7, 11) is 0. The van der Waals surface area contributed by atoms with Gasteiger partial charge < -0.3 is 0 Å². The molecular weight excluding hydrogens is 300 g/mol. The van der Waals surface area contributed by atoms with Gasteiger partial charge >= 0.3 is 0 Å². The van der Waals surface area contributed by atoms with Gasteiger partial charge in [0.15, 0.2) is 0 Å². The molecule has 0 saturated heterocycles. The van der Waals surface area contributed by atoms with Crippen molar-refractivity contribution in [3.8, 4) is 28.6 Å². The zero-order chi connectivity index (χ0) is 17.1. The van der Waals surface area contributed by atoms with Crippen LogP contribution < -0.4 is 5.56 Å². The Labute approximate surface area is 139 Å². The minimum absolute atomic E-state index is 0.0512. The summed E-state index contributed by atoms with van der Waals surface area (Å²) in [6.45, 7) is 3.81. The number of hydrogen-bond acceptors (Lipinski definition) is 4. The Bertz CT molecular complexity index is 969. The molecule has 24 heavy (non-hydrogen) atoms. The first-order chi connectivity index (χ1) is 11.6. The molecule has 5 nitrogen and oxygen atoms in total. The molecule has 0 aliphatic heterocycles. The van der Waals surface area contributed by atoms with Gasteiger partial charge in [-0.15, -0.1) is 0 Å². The third-order valence-corrected chi connectivity index (χ3v) is 3.65. The van der Waals surface area contributed by atoms with Crippen molar-refractivity contribution in [3.05, 3.63) is 70.6 Å². The molecule has 0 fully saturated rings. The molecule has 0 N–H and O–H groups in total. The molecule has 0 unspecified atom stereocenters. The molecule has 5 heteroatoms. The minimum atomic E-state index is -0.153. The van der Waals surface area contributed by atoms with Crippen LogP contribution in [-0.2, 0) is 0 Å². The van der Waals surface area contributed by atoms with Gasteiger partial charge in [-0.3, -0.25) is 9.78 Å². The number of aromatic nitrogens is 3. The maximum atomic E-state index is 12.0. The molecule has 0 saturated carbocycles. The number of nitrogens with zero attached hydrogens (tertiary/aromatic N) is 4. The van der Waals surface area contributed by atoms with Crippen molar-refractivity contribution >= 4 is 0 Å². The van der Waals surface area contributed by atoms with Gasteiger partial charge in [-0.25, -0.2) is 4.68 Å². The Morgan fingerprint density at radius 2 is 1.88 bits per heavy atom. The lowest BCUT2D eigenvalue weighted by Crippen LogP contribution is -2.24. The molecule has 0 spiro atoms. The molecule has 1 aromatic carbocycles. The number of nitriles is 1. The van der Waals surface area contributed by atoms with E-state index in [2.05, 4.69) is 16.2 Å². The van der Waals surface area contributed by atoms with E-state index in [1.807, 2.05) is 44.2 Å². The first kappa shape index (κ1) is 15.6. The number of hydrogen-bond donors (Lipinski definition) is 0. The summed E-state index contributed by atoms with van der Waals surface area (Å²) in [6.07, 6.45) is 1.55. The van der Waals surface area contributed by atoms with Gasteiger partial charge in [-0.2, -0.15) is 10.4 Å². The maximum Gasteiger partial charge on any atom is 0.267 e. The average Bonchev–Trinajstić information content (AvgIpc) is 2.62. The molecule has 118 valence electrons. The van der Waals surface area contributed by atoms with Crippen LogP contribution in [0.25, 0.3) is 22.5 Å². The van der Waals surface area contributed by atoms with E-state index in [0.29, 0.717) is 11.3 Å². The monoisotopic (exact) mass is 316 g/mol. The number of rotatable bonds is 3. The van der Waals surface area contributed by atoms with Crippen molar-refractivity contribution in [2.24, 2.45) is 0 Å². The highest BCUT2D eigenvalue weighted by Crippen LogP contribution is 2.29. The van der Waals surface area contributed by atoms with E-state index < -0.39 is 0 Å². The molecular formula is C19H16N4O. The van der Waals surface area contributed by atoms with Gasteiger partial charge in [0.05, 0.1) is 23.0 Å². The zero-order valence-electron chi connectivity index (χ0n) is 13.5. The van der Waals surface area contributed by atoms with Crippen LogP contribution in [0, 0.1) is 11.3 Å². The van der Waals surface area contributed by atoms with Gasteiger partial charge in [-0.1, -0.05) is 30.3 Å². The highest BCUT2D eigenvalue weighted by Gasteiger charge is 2.13. The molecule has 2 aromatic heterocycles. The van der Waals surface area contributed by atoms with Crippen molar-refractivity contribution < 1.29 is 0 Å². The van der Waals surface area contributed by atoms with Crippen molar-refractivity contribution in [2.45, 2.75) is 19.9 Å². The lowest BCUT2D eigenvalue weighted by molar-refractivity contribution is 0.505. The van der Waals surface area contributed by atoms with Gasteiger partial charge in [0.25, 0.3) is 5.56 Å². The van der Waals surface area contributed by atoms with Crippen molar-refractivity contribution in [3.63, 3.8) is 0 Å². The summed E-state index contributed by atoms with van der Waals surface area (Å²) in [5.74, 6) is 0. The van der Waals surface area contributed by atoms with Crippen LogP contribution in [0.4, 0.5) is 0 Å². The third kappa shape index (κ3) is 2.95. The molecule has 3 aromatic rings. The van der Waals surface area contributed by atoms with Crippen LogP contribution in [0.1, 0.15) is 25.5 Å². The highest BCUT2D eigenvalue weighted by molar-refractivity contribution is 5.79. The summed E-state index contributed by atoms with van der Waals surface area (Å²) in [6, 6.07) is 16.7. The van der Waals surface area contributed by atoms with E-state index in [1.165, 1.54) is 10.7 Å². The van der Waals surface area contributed by atoms with E-state index in [0.717, 1.165) is 16.8 Å². The van der Waals surface area contributed by atoms with Crippen LogP contribution in [-0.4, -0.2) is 14.8 Å². The minimum Gasteiger partial charge on any atom is -0.268 e. The Balaban J connectivity index is 2.25. The lowest BCUT2D eigenvalue weighted by atomic mass is 10.0. The fourth-order valence-electron chi connectivity index (χ4n) is 2.49. The predicted octanol–water partition coefficient (Wildman–Crippen LogP) is 3.42. The smallest absolute Gasteiger partial charge is 0.267 e. The number of benzene rings is 1. The van der Waals surface area contributed by atoms with E-state index >= 15 is 0 Å². The molecule has 0 bridgehead atoms. The largest absolute Gasteiger partial charge is 0.268 e. The summed E-state index contributed by atoms with van der Waals surface area (Å²) in [5, 5.41) is 13.7. The Hall–Kier alpha value is -3.26. The van der Waals surface area contributed by atoms with Gasteiger partial charge in [-0.05, 0) is 26.0 Å². The van der Waals surface area contributed by atoms with Crippen LogP contribution in [0.15, 0.2) is 59.5 Å². The first-order valence-corrected chi connectivity index (χ1v) is 7.66. The summed E-state index contributed by atoms with van der Waals surface area (Å²) in [4.78, 5) is 16.4. The predicted molar refractivity (Wildman–Crippen MR) is 92.3 cm³/mol. The molecule has 2 heterocycles. The van der Waals surface area contributed by atoms with Crippen molar-refractivity contribution in [1.29, 1.82) is 5.26 Å². The van der Waals surface area contributed by atoms with Crippen molar-refractivity contribution in [2.75, 3.05) is 0 Å². The van der Waals surface area contributed by atoms with E-state index in [9.17, 15) is 10.1 Å². The molecule has 0 aliphatic rings. The lowest BCUT2D eigenvalue weighted by Gasteiger charge is -2.12. The van der Waals surface area contributed by atoms with E-state index in [-0.39, 0.29) is 11.6 Å². The summed E-state index contributed by atoms with van der Waals surface area (Å²) >= 11 is 0. The third-order valence-electron chi connectivity index (χ3n) is 3.65. The summed E-state index contributed by atoms with van der Waals surface area (Å²) in [5.41, 5.74) is 3.31. The Morgan fingerprint density at radius 1 is 1.12 bits per heavy atom. The zero-order valence-corrected chi connectivity index (χ0v) is 13.5. The SMILES string of the molecule is CC(C)n1nc(-c2cc(C#N)cnc2-c2ccccc2)ccc1=O. The van der Waals surface area contributed by atoms with Gasteiger partial charge in [0.1, 0.15) is 6.07 Å². The average molecular weight is 316 g/mol. The van der Waals surface area contributed by atoms with Gasteiger partial charge in [0, 0.05) is 23.4 Å². The van der Waals surface area contributed by atoms with Crippen LogP contribution in [0.2, 0.25) is 0 Å². The molecule has 0 aliphatic carbocycles. The van der Waals surface area contributed by atoms with Gasteiger partial charge in [0.2, 0.25) is 0 Å². The number of pyridine rings is 1. The Kier molecular flexibility index (Phi) is 4.21. The van der Waals surface area contributed by atoms with E-state index in [1.54, 1.807) is 18.3 Å². The molecule has 3 rings (SSSR count). The second-order valence-corrected chi connectivity index (χ2v) is 5.69. The topological polar surface area (TPSA) is 71.6 Å². The van der Waals surface area contributed by atoms with Crippen molar-refractivity contribution in [1.82, 2.24) is 14.8 Å². The second-order valence-electron chi connectivity index (χ2n) is 5.69. The van der Waals surface area contributed by atoms with Crippen LogP contribution in [0.3, 0.4) is 0 Å². The van der Waals surface area contributed by atoms with Crippen LogP contribution >= 0.6 is 0 Å². The standard InChI is InChI=1S/C19H16N4O/c1-13(2)23-18(24)9-8-17(22-23)16-10-14(11-20)12-21-19(16)15-6-4-3-5-7-15/h3-10,12-13H,1-2H3. The normalized spacial score (nSPS) is 10.6. The highest BCUT2D eigenvalue weighted by atomic mass is 16.1. The van der Waals surface area contributed by atoms with E-state index in [4.69, 9.17) is 0 Å². The second kappa shape index (κ2) is 6.47. The molecule has 0 radical (unpaired) electrons. The quantitative estimate of drug-likeness (QED) is 0.742. The fraction of sp³-hybridized carbons (Fsp3) is 0.158. The molecule has 0 atom stereocenters. The molecule has 0 amide bonds. The first-order valence-electron chi connectivity index (χ1n) is 7.66. The fourth-order valence-corrected chi connectivity index (χ4v) is 2.49. The van der Waals surface area contributed by atoms with Crippen LogP contribution in [0.5, 0.6) is 0 Å². The summed E-state index contributed by atoms with van der Waals surface area (Å²) < 4.78 is 1.43.